The molecule has 3 nitrogen and oxygen atoms in total. The summed E-state index contributed by atoms with van der Waals surface area (Å²) in [7, 11) is 0. The van der Waals surface area contributed by atoms with Crippen molar-refractivity contribution < 1.29 is 0 Å². The van der Waals surface area contributed by atoms with Crippen LogP contribution in [0.1, 0.15) is 30.8 Å². The van der Waals surface area contributed by atoms with Gasteiger partial charge in [0.2, 0.25) is 0 Å². The second-order valence-electron chi connectivity index (χ2n) is 5.66. The Balaban J connectivity index is 2.08. The standard InChI is InChI=1S/C18H27N3/c1-4-19-14-17(12-16-9-7-6-8-10-16)13-18-11-15(3)20-21(18)5-2/h6-11,17,19H,4-5,12-14H2,1-3H3. The number of nitrogens with zero attached hydrogens (tertiary/aromatic N) is 2. The second-order valence-corrected chi connectivity index (χ2v) is 5.66. The lowest BCUT2D eigenvalue weighted by Crippen LogP contribution is -2.26. The minimum atomic E-state index is 0.605. The summed E-state index contributed by atoms with van der Waals surface area (Å²) < 4.78 is 2.14. The molecule has 0 spiro atoms. The largest absolute Gasteiger partial charge is 0.317 e. The van der Waals surface area contributed by atoms with E-state index in [0.29, 0.717) is 5.92 Å². The van der Waals surface area contributed by atoms with E-state index in [1.165, 1.54) is 11.3 Å². The second kappa shape index (κ2) is 7.99. The zero-order valence-electron chi connectivity index (χ0n) is 13.5. The Labute approximate surface area is 128 Å². The molecule has 1 heterocycles. The van der Waals surface area contributed by atoms with E-state index in [-0.39, 0.29) is 0 Å². The van der Waals surface area contributed by atoms with Crippen LogP contribution in [-0.2, 0) is 19.4 Å². The lowest BCUT2D eigenvalue weighted by Gasteiger charge is -2.18. The van der Waals surface area contributed by atoms with E-state index in [9.17, 15) is 0 Å². The normalized spacial score (nSPS) is 12.5. The molecule has 3 heteroatoms. The molecule has 0 aliphatic carbocycles. The van der Waals surface area contributed by atoms with Crippen molar-refractivity contribution in [1.29, 1.82) is 0 Å². The molecule has 0 bridgehead atoms. The molecule has 2 aromatic rings. The van der Waals surface area contributed by atoms with Crippen molar-refractivity contribution in [1.82, 2.24) is 15.1 Å². The molecule has 21 heavy (non-hydrogen) atoms. The molecule has 0 saturated heterocycles. The smallest absolute Gasteiger partial charge is 0.0596 e. The maximum absolute atomic E-state index is 4.57. The van der Waals surface area contributed by atoms with Crippen molar-refractivity contribution in [3.8, 4) is 0 Å². The van der Waals surface area contributed by atoms with E-state index in [4.69, 9.17) is 0 Å². The van der Waals surface area contributed by atoms with Crippen LogP contribution in [0.15, 0.2) is 36.4 Å². The molecule has 1 aromatic carbocycles. The number of aryl methyl sites for hydroxylation is 2. The highest BCUT2D eigenvalue weighted by molar-refractivity contribution is 5.17. The number of aromatic nitrogens is 2. The van der Waals surface area contributed by atoms with Crippen LogP contribution < -0.4 is 5.32 Å². The molecule has 0 radical (unpaired) electrons. The molecule has 1 N–H and O–H groups in total. The fourth-order valence-electron chi connectivity index (χ4n) is 2.85. The number of benzene rings is 1. The van der Waals surface area contributed by atoms with Crippen LogP contribution in [0, 0.1) is 12.8 Å². The van der Waals surface area contributed by atoms with Gasteiger partial charge in [0, 0.05) is 12.2 Å². The third-order valence-electron chi connectivity index (χ3n) is 3.83. The van der Waals surface area contributed by atoms with E-state index < -0.39 is 0 Å². The van der Waals surface area contributed by atoms with Crippen LogP contribution >= 0.6 is 0 Å². The summed E-state index contributed by atoms with van der Waals surface area (Å²) in [5.74, 6) is 0.605. The Hall–Kier alpha value is -1.61. The van der Waals surface area contributed by atoms with Crippen LogP contribution in [0.25, 0.3) is 0 Å². The molecular weight excluding hydrogens is 258 g/mol. The van der Waals surface area contributed by atoms with Gasteiger partial charge in [-0.05, 0) is 57.3 Å². The summed E-state index contributed by atoms with van der Waals surface area (Å²) in [6, 6.07) is 13.0. The lowest BCUT2D eigenvalue weighted by molar-refractivity contribution is 0.458. The van der Waals surface area contributed by atoms with Crippen LogP contribution in [0.5, 0.6) is 0 Å². The van der Waals surface area contributed by atoms with Crippen LogP contribution in [-0.4, -0.2) is 22.9 Å². The van der Waals surface area contributed by atoms with Crippen molar-refractivity contribution in [3.63, 3.8) is 0 Å². The van der Waals surface area contributed by atoms with Crippen molar-refractivity contribution in [3.05, 3.63) is 53.3 Å². The molecule has 114 valence electrons. The molecular formula is C18H27N3. The predicted octanol–water partition coefficient (Wildman–Crippen LogP) is 3.22. The number of rotatable bonds is 8. The maximum Gasteiger partial charge on any atom is 0.0596 e. The summed E-state index contributed by atoms with van der Waals surface area (Å²) in [5, 5.41) is 8.07. The Bertz CT molecular complexity index is 531. The highest BCUT2D eigenvalue weighted by Gasteiger charge is 2.14. The minimum Gasteiger partial charge on any atom is -0.317 e. The predicted molar refractivity (Wildman–Crippen MR) is 88.5 cm³/mol. The first-order valence-corrected chi connectivity index (χ1v) is 8.00. The van der Waals surface area contributed by atoms with Crippen molar-refractivity contribution in [2.75, 3.05) is 13.1 Å². The summed E-state index contributed by atoms with van der Waals surface area (Å²) in [5.41, 5.74) is 3.89. The van der Waals surface area contributed by atoms with Gasteiger partial charge in [0.25, 0.3) is 0 Å². The zero-order valence-corrected chi connectivity index (χ0v) is 13.5. The van der Waals surface area contributed by atoms with Gasteiger partial charge in [0.05, 0.1) is 5.69 Å². The molecule has 1 atom stereocenters. The van der Waals surface area contributed by atoms with Crippen molar-refractivity contribution >= 4 is 0 Å². The number of hydrogen-bond acceptors (Lipinski definition) is 2. The van der Waals surface area contributed by atoms with E-state index in [2.05, 4.69) is 72.3 Å². The molecule has 0 saturated carbocycles. The number of hydrogen-bond donors (Lipinski definition) is 1. The summed E-state index contributed by atoms with van der Waals surface area (Å²) in [6.45, 7) is 9.43. The van der Waals surface area contributed by atoms with Gasteiger partial charge in [-0.2, -0.15) is 5.10 Å². The average Bonchev–Trinajstić information content (AvgIpc) is 2.85. The van der Waals surface area contributed by atoms with Crippen LogP contribution in [0.2, 0.25) is 0 Å². The van der Waals surface area contributed by atoms with Gasteiger partial charge in [-0.3, -0.25) is 4.68 Å². The fourth-order valence-corrected chi connectivity index (χ4v) is 2.85. The molecule has 2 rings (SSSR count). The van der Waals surface area contributed by atoms with E-state index in [1.807, 2.05) is 0 Å². The Morgan fingerprint density at radius 3 is 2.57 bits per heavy atom. The van der Waals surface area contributed by atoms with Gasteiger partial charge in [-0.25, -0.2) is 0 Å². The van der Waals surface area contributed by atoms with Crippen molar-refractivity contribution in [2.45, 2.75) is 40.2 Å². The topological polar surface area (TPSA) is 29.9 Å². The van der Waals surface area contributed by atoms with Crippen LogP contribution in [0.4, 0.5) is 0 Å². The van der Waals surface area contributed by atoms with Gasteiger partial charge in [0.1, 0.15) is 0 Å². The van der Waals surface area contributed by atoms with Gasteiger partial charge in [-0.1, -0.05) is 37.3 Å². The SMILES string of the molecule is CCNCC(Cc1ccccc1)Cc1cc(C)nn1CC. The fraction of sp³-hybridized carbons (Fsp3) is 0.500. The first kappa shape index (κ1) is 15.8. The van der Waals surface area contributed by atoms with Gasteiger partial charge in [-0.15, -0.1) is 0 Å². The third kappa shape index (κ3) is 4.71. The van der Waals surface area contributed by atoms with E-state index in [1.54, 1.807) is 0 Å². The van der Waals surface area contributed by atoms with Crippen LogP contribution in [0.3, 0.4) is 0 Å². The Kier molecular flexibility index (Phi) is 6.00. The molecule has 0 fully saturated rings. The monoisotopic (exact) mass is 285 g/mol. The van der Waals surface area contributed by atoms with Gasteiger partial charge in [0.15, 0.2) is 0 Å². The molecule has 1 unspecified atom stereocenters. The highest BCUT2D eigenvalue weighted by Crippen LogP contribution is 2.15. The Morgan fingerprint density at radius 1 is 1.14 bits per heavy atom. The average molecular weight is 285 g/mol. The zero-order chi connectivity index (χ0) is 15.1. The first-order valence-electron chi connectivity index (χ1n) is 8.00. The number of nitrogens with one attached hydrogen (secondary N) is 1. The van der Waals surface area contributed by atoms with Crippen molar-refractivity contribution in [2.24, 2.45) is 5.92 Å². The summed E-state index contributed by atoms with van der Waals surface area (Å²) in [4.78, 5) is 0. The molecule has 0 amide bonds. The quantitative estimate of drug-likeness (QED) is 0.807. The molecule has 0 aliphatic rings. The Morgan fingerprint density at radius 2 is 1.90 bits per heavy atom. The third-order valence-corrected chi connectivity index (χ3v) is 3.83. The van der Waals surface area contributed by atoms with Gasteiger partial charge >= 0.3 is 0 Å². The van der Waals surface area contributed by atoms with Gasteiger partial charge < -0.3 is 5.32 Å². The minimum absolute atomic E-state index is 0.605. The lowest BCUT2D eigenvalue weighted by atomic mass is 9.94. The summed E-state index contributed by atoms with van der Waals surface area (Å²) >= 11 is 0. The first-order chi connectivity index (χ1) is 10.2. The van der Waals surface area contributed by atoms with E-state index in [0.717, 1.165) is 38.2 Å². The van der Waals surface area contributed by atoms with E-state index >= 15 is 0 Å². The maximum atomic E-state index is 4.57. The summed E-state index contributed by atoms with van der Waals surface area (Å²) in [6.07, 6.45) is 2.19. The molecule has 0 aliphatic heterocycles. The highest BCUT2D eigenvalue weighted by atomic mass is 15.3. The molecule has 1 aromatic heterocycles.